The van der Waals surface area contributed by atoms with Gasteiger partial charge in [-0.15, -0.1) is 0 Å². The van der Waals surface area contributed by atoms with E-state index in [1.807, 2.05) is 35.2 Å². The number of benzene rings is 1. The largest absolute Gasteiger partial charge is 0.467 e. The average molecular weight is 404 g/mol. The Bertz CT molecular complexity index is 787. The van der Waals surface area contributed by atoms with E-state index in [9.17, 15) is 4.79 Å². The second kappa shape index (κ2) is 8.71. The predicted molar refractivity (Wildman–Crippen MR) is 111 cm³/mol. The topological polar surface area (TPSA) is 42.7 Å². The molecule has 1 aromatic carbocycles. The molecule has 0 radical (unpaired) electrons. The lowest BCUT2D eigenvalue weighted by molar-refractivity contribution is -0.131. The van der Waals surface area contributed by atoms with Crippen LogP contribution in [0.3, 0.4) is 0 Å². The molecule has 1 aliphatic heterocycles. The Labute approximate surface area is 172 Å². The first-order valence-corrected chi connectivity index (χ1v) is 10.3. The monoisotopic (exact) mass is 403 g/mol. The molecule has 0 N–H and O–H groups in total. The van der Waals surface area contributed by atoms with Gasteiger partial charge in [0.2, 0.25) is 5.91 Å². The summed E-state index contributed by atoms with van der Waals surface area (Å²) in [7, 11) is 0. The molecule has 1 aliphatic rings. The molecule has 0 bridgehead atoms. The van der Waals surface area contributed by atoms with Gasteiger partial charge >= 0.3 is 0 Å². The summed E-state index contributed by atoms with van der Waals surface area (Å²) in [6, 6.07) is 11.8. The third kappa shape index (κ3) is 5.39. The van der Waals surface area contributed by atoms with Crippen LogP contribution in [0.15, 0.2) is 47.1 Å². The van der Waals surface area contributed by atoms with E-state index in [4.69, 9.17) is 20.8 Å². The summed E-state index contributed by atoms with van der Waals surface area (Å²) in [5, 5.41) is 0.810. The number of ether oxygens (including phenoxy) is 1. The maximum absolute atomic E-state index is 12.2. The summed E-state index contributed by atoms with van der Waals surface area (Å²) in [5.41, 5.74) is 1.04. The number of amides is 1. The van der Waals surface area contributed by atoms with Gasteiger partial charge in [-0.3, -0.25) is 4.79 Å². The molecule has 3 rings (SSSR count). The van der Waals surface area contributed by atoms with Gasteiger partial charge in [0.25, 0.3) is 0 Å². The second-order valence-corrected chi connectivity index (χ2v) is 8.98. The van der Waals surface area contributed by atoms with Crippen LogP contribution in [-0.4, -0.2) is 29.6 Å². The number of halogens is 1. The highest BCUT2D eigenvalue weighted by atomic mass is 35.5. The van der Waals surface area contributed by atoms with Gasteiger partial charge in [0.05, 0.1) is 18.4 Å². The molecule has 5 heteroatoms. The number of nitrogens with zero attached hydrogens (tertiary/aromatic N) is 1. The van der Waals surface area contributed by atoms with Gasteiger partial charge in [0.15, 0.2) is 0 Å². The van der Waals surface area contributed by atoms with Crippen molar-refractivity contribution < 1.29 is 13.9 Å². The zero-order valence-electron chi connectivity index (χ0n) is 17.0. The second-order valence-electron chi connectivity index (χ2n) is 8.57. The molecule has 0 spiro atoms. The number of carbonyl (C=O) groups excluding carboxylic acids is 1. The molecule has 1 amide bonds. The highest BCUT2D eigenvalue weighted by Crippen LogP contribution is 2.45. The summed E-state index contributed by atoms with van der Waals surface area (Å²) in [5.74, 6) is 0.873. The van der Waals surface area contributed by atoms with Crippen LogP contribution in [0, 0.1) is 5.41 Å². The molecular weight excluding hydrogens is 374 g/mol. The van der Waals surface area contributed by atoms with Crippen molar-refractivity contribution in [2.45, 2.75) is 58.6 Å². The zero-order chi connectivity index (χ0) is 20.2. The number of hydrogen-bond donors (Lipinski definition) is 0. The number of carbonyl (C=O) groups is 1. The summed E-state index contributed by atoms with van der Waals surface area (Å²) in [6.45, 7) is 7.85. The average Bonchev–Trinajstić information content (AvgIpc) is 3.13. The molecule has 28 heavy (non-hydrogen) atoms. The van der Waals surface area contributed by atoms with Gasteiger partial charge in [-0.25, -0.2) is 0 Å². The van der Waals surface area contributed by atoms with Crippen molar-refractivity contribution in [1.29, 1.82) is 0 Å². The fourth-order valence-corrected chi connectivity index (χ4v) is 4.60. The standard InChI is InChI=1S/C23H30ClNO3/c1-18(26)25(16-20-8-6-13-27-20)12-10-23(11-14-28-22(2,3)17-23)15-19-7-4-5-9-21(19)24/h4-9,13H,10-12,14-17H2,1-3H3/t23-/m0/s1. The fraction of sp³-hybridized carbons (Fsp3) is 0.522. The summed E-state index contributed by atoms with van der Waals surface area (Å²) in [6.07, 6.45) is 5.36. The minimum absolute atomic E-state index is 0.0452. The van der Waals surface area contributed by atoms with Crippen molar-refractivity contribution >= 4 is 17.5 Å². The third-order valence-electron chi connectivity index (χ3n) is 5.73. The van der Waals surface area contributed by atoms with Crippen LogP contribution in [0.5, 0.6) is 0 Å². The Morgan fingerprint density at radius 2 is 2.00 bits per heavy atom. The molecule has 1 atom stereocenters. The molecule has 0 unspecified atom stereocenters. The van der Waals surface area contributed by atoms with Crippen molar-refractivity contribution in [2.24, 2.45) is 5.41 Å². The lowest BCUT2D eigenvalue weighted by Gasteiger charge is -2.46. The van der Waals surface area contributed by atoms with Crippen molar-refractivity contribution in [2.75, 3.05) is 13.2 Å². The first-order chi connectivity index (χ1) is 13.3. The minimum Gasteiger partial charge on any atom is -0.467 e. The van der Waals surface area contributed by atoms with Gasteiger partial charge in [-0.1, -0.05) is 29.8 Å². The van der Waals surface area contributed by atoms with Crippen LogP contribution in [-0.2, 0) is 22.5 Å². The van der Waals surface area contributed by atoms with Gasteiger partial charge in [0.1, 0.15) is 5.76 Å². The Kier molecular flexibility index (Phi) is 6.51. The van der Waals surface area contributed by atoms with Crippen LogP contribution < -0.4 is 0 Å². The number of rotatable bonds is 7. The molecule has 2 heterocycles. The smallest absolute Gasteiger partial charge is 0.219 e. The van der Waals surface area contributed by atoms with Crippen molar-refractivity contribution in [3.63, 3.8) is 0 Å². The first kappa shape index (κ1) is 20.9. The zero-order valence-corrected chi connectivity index (χ0v) is 17.8. The lowest BCUT2D eigenvalue weighted by Crippen LogP contribution is -2.44. The molecule has 1 fully saturated rings. The molecule has 152 valence electrons. The van der Waals surface area contributed by atoms with Crippen LogP contribution in [0.2, 0.25) is 5.02 Å². The van der Waals surface area contributed by atoms with Crippen molar-refractivity contribution in [3.05, 3.63) is 59.0 Å². The van der Waals surface area contributed by atoms with E-state index in [2.05, 4.69) is 19.9 Å². The Balaban J connectivity index is 1.78. The van der Waals surface area contributed by atoms with Crippen LogP contribution in [0.4, 0.5) is 0 Å². The van der Waals surface area contributed by atoms with Gasteiger partial charge in [0, 0.05) is 25.1 Å². The number of hydrogen-bond acceptors (Lipinski definition) is 3. The van der Waals surface area contributed by atoms with Crippen LogP contribution in [0.25, 0.3) is 0 Å². The van der Waals surface area contributed by atoms with E-state index in [1.54, 1.807) is 13.2 Å². The molecule has 0 aliphatic carbocycles. The van der Waals surface area contributed by atoms with Crippen molar-refractivity contribution in [3.8, 4) is 0 Å². The quantitative estimate of drug-likeness (QED) is 0.613. The van der Waals surface area contributed by atoms with Gasteiger partial charge in [-0.2, -0.15) is 0 Å². The van der Waals surface area contributed by atoms with E-state index in [-0.39, 0.29) is 16.9 Å². The molecule has 1 aromatic heterocycles. The molecule has 1 saturated heterocycles. The van der Waals surface area contributed by atoms with Crippen molar-refractivity contribution in [1.82, 2.24) is 4.90 Å². The number of furan rings is 1. The fourth-order valence-electron chi connectivity index (χ4n) is 4.40. The van der Waals surface area contributed by atoms with Crippen LogP contribution in [0.1, 0.15) is 51.4 Å². The SMILES string of the molecule is CC(=O)N(CC[C@@]1(Cc2ccccc2Cl)CCOC(C)(C)C1)Cc1ccco1. The minimum atomic E-state index is -0.179. The predicted octanol–water partition coefficient (Wildman–Crippen LogP) is 5.49. The third-order valence-corrected chi connectivity index (χ3v) is 6.10. The van der Waals surface area contributed by atoms with E-state index in [0.29, 0.717) is 13.1 Å². The maximum atomic E-state index is 12.2. The first-order valence-electron chi connectivity index (χ1n) is 9.94. The maximum Gasteiger partial charge on any atom is 0.219 e. The highest BCUT2D eigenvalue weighted by Gasteiger charge is 2.41. The normalized spacial score (nSPS) is 21.4. The highest BCUT2D eigenvalue weighted by molar-refractivity contribution is 6.31. The van der Waals surface area contributed by atoms with E-state index >= 15 is 0 Å². The van der Waals surface area contributed by atoms with Gasteiger partial charge in [-0.05, 0) is 68.7 Å². The Morgan fingerprint density at radius 3 is 2.64 bits per heavy atom. The van der Waals surface area contributed by atoms with Crippen LogP contribution >= 0.6 is 11.6 Å². The molecular formula is C23H30ClNO3. The summed E-state index contributed by atoms with van der Waals surface area (Å²) >= 11 is 6.48. The molecule has 4 nitrogen and oxygen atoms in total. The lowest BCUT2D eigenvalue weighted by atomic mass is 9.68. The summed E-state index contributed by atoms with van der Waals surface area (Å²) < 4.78 is 11.4. The molecule has 0 saturated carbocycles. The molecule has 2 aromatic rings. The van der Waals surface area contributed by atoms with E-state index in [1.165, 1.54) is 5.56 Å². The van der Waals surface area contributed by atoms with Gasteiger partial charge < -0.3 is 14.1 Å². The Hall–Kier alpha value is -1.78. The summed E-state index contributed by atoms with van der Waals surface area (Å²) in [4.78, 5) is 14.1. The van der Waals surface area contributed by atoms with E-state index in [0.717, 1.165) is 43.1 Å². The van der Waals surface area contributed by atoms with E-state index < -0.39 is 0 Å². The Morgan fingerprint density at radius 1 is 1.21 bits per heavy atom.